The topological polar surface area (TPSA) is 83.8 Å². The number of aromatic carboxylic acids is 1. The molecule has 23 heavy (non-hydrogen) atoms. The van der Waals surface area contributed by atoms with E-state index in [1.54, 1.807) is 36.4 Å². The van der Waals surface area contributed by atoms with Crippen molar-refractivity contribution in [2.24, 2.45) is 0 Å². The van der Waals surface area contributed by atoms with Crippen molar-refractivity contribution in [3.63, 3.8) is 0 Å². The number of ether oxygens (including phenoxy) is 1. The number of fused-ring (bicyclic) bond motifs is 1. The van der Waals surface area contributed by atoms with Gasteiger partial charge in [0.2, 0.25) is 0 Å². The second-order valence-corrected chi connectivity index (χ2v) is 4.97. The Morgan fingerprint density at radius 3 is 2.09 bits per heavy atom. The van der Waals surface area contributed by atoms with Gasteiger partial charge >= 0.3 is 11.9 Å². The molecule has 0 bridgehead atoms. The van der Waals surface area contributed by atoms with Crippen LogP contribution in [0.15, 0.2) is 60.7 Å². The molecule has 0 heterocycles. The number of carboxylic acids is 1. The quantitative estimate of drug-likeness (QED) is 0.572. The van der Waals surface area contributed by atoms with E-state index in [0.29, 0.717) is 5.56 Å². The molecule has 0 atom stereocenters. The summed E-state index contributed by atoms with van der Waals surface area (Å²) in [5.74, 6) is -1.15. The van der Waals surface area contributed by atoms with Crippen LogP contribution in [0.1, 0.15) is 20.7 Å². The molecule has 0 saturated carbocycles. The number of benzene rings is 3. The first kappa shape index (κ1) is 14.6. The number of carboxylic acid groups (broad SMARTS) is 1. The van der Waals surface area contributed by atoms with Crippen LogP contribution < -0.4 is 4.74 Å². The van der Waals surface area contributed by atoms with Gasteiger partial charge in [0.1, 0.15) is 11.5 Å². The van der Waals surface area contributed by atoms with Crippen molar-refractivity contribution in [2.45, 2.75) is 0 Å². The van der Waals surface area contributed by atoms with Gasteiger partial charge in [-0.15, -0.1) is 0 Å². The molecule has 5 heteroatoms. The third-order valence-electron chi connectivity index (χ3n) is 3.37. The van der Waals surface area contributed by atoms with Crippen molar-refractivity contribution in [1.29, 1.82) is 0 Å². The maximum Gasteiger partial charge on any atom is 0.343 e. The largest absolute Gasteiger partial charge is 0.508 e. The van der Waals surface area contributed by atoms with Gasteiger partial charge in [0, 0.05) is 0 Å². The maximum absolute atomic E-state index is 12.2. The molecule has 0 spiro atoms. The summed E-state index contributed by atoms with van der Waals surface area (Å²) < 4.78 is 5.23. The summed E-state index contributed by atoms with van der Waals surface area (Å²) in [5, 5.41) is 19.9. The zero-order valence-corrected chi connectivity index (χ0v) is 11.9. The fraction of sp³-hybridized carbons (Fsp3) is 0. The molecule has 2 N–H and O–H groups in total. The van der Waals surface area contributed by atoms with Crippen molar-refractivity contribution < 1.29 is 24.5 Å². The van der Waals surface area contributed by atoms with Gasteiger partial charge in [0.25, 0.3) is 0 Å². The number of hydrogen-bond donors (Lipinski definition) is 2. The summed E-state index contributed by atoms with van der Waals surface area (Å²) in [6, 6.07) is 15.5. The number of carbonyl (C=O) groups excluding carboxylic acids is 1. The standard InChI is InChI=1S/C18H12O5/c19-15-6-3-12-9-14(2-1-13(12)10-15)18(22)23-16-7-4-11(5-8-16)17(20)21/h1-10,19H,(H,20,21). The van der Waals surface area contributed by atoms with Crippen LogP contribution in [0.2, 0.25) is 0 Å². The van der Waals surface area contributed by atoms with E-state index in [2.05, 4.69) is 0 Å². The van der Waals surface area contributed by atoms with Crippen LogP contribution in [0.5, 0.6) is 11.5 Å². The molecule has 0 aliphatic carbocycles. The molecule has 0 saturated heterocycles. The van der Waals surface area contributed by atoms with Gasteiger partial charge in [-0.25, -0.2) is 9.59 Å². The Balaban J connectivity index is 1.82. The molecule has 0 unspecified atom stereocenters. The minimum atomic E-state index is -1.04. The Kier molecular flexibility index (Phi) is 3.68. The third-order valence-corrected chi connectivity index (χ3v) is 3.37. The van der Waals surface area contributed by atoms with E-state index in [1.165, 1.54) is 24.3 Å². The van der Waals surface area contributed by atoms with E-state index in [9.17, 15) is 14.7 Å². The van der Waals surface area contributed by atoms with Gasteiger partial charge in [0.15, 0.2) is 0 Å². The van der Waals surface area contributed by atoms with Gasteiger partial charge in [-0.3, -0.25) is 0 Å². The monoisotopic (exact) mass is 308 g/mol. The highest BCUT2D eigenvalue weighted by atomic mass is 16.5. The lowest BCUT2D eigenvalue weighted by Crippen LogP contribution is -2.08. The Labute approximate surface area is 131 Å². The van der Waals surface area contributed by atoms with Gasteiger partial charge in [-0.1, -0.05) is 12.1 Å². The molecule has 0 amide bonds. The summed E-state index contributed by atoms with van der Waals surface area (Å²) >= 11 is 0. The number of hydrogen-bond acceptors (Lipinski definition) is 4. The van der Waals surface area contributed by atoms with Crippen LogP contribution in [0.3, 0.4) is 0 Å². The minimum Gasteiger partial charge on any atom is -0.508 e. The number of esters is 1. The summed E-state index contributed by atoms with van der Waals surface area (Å²) in [5.41, 5.74) is 0.487. The molecule has 0 aliphatic heterocycles. The molecule has 0 fully saturated rings. The normalized spacial score (nSPS) is 10.4. The van der Waals surface area contributed by atoms with Crippen molar-refractivity contribution in [3.05, 3.63) is 71.8 Å². The number of phenolic OH excluding ortho intramolecular Hbond substituents is 1. The van der Waals surface area contributed by atoms with Gasteiger partial charge in [-0.05, 0) is 59.3 Å². The molecule has 3 aromatic rings. The van der Waals surface area contributed by atoms with Gasteiger partial charge in [-0.2, -0.15) is 0 Å². The van der Waals surface area contributed by atoms with Crippen molar-refractivity contribution in [2.75, 3.05) is 0 Å². The highest BCUT2D eigenvalue weighted by Crippen LogP contribution is 2.22. The maximum atomic E-state index is 12.2. The molecule has 0 aliphatic rings. The van der Waals surface area contributed by atoms with Crippen LogP contribution in [-0.4, -0.2) is 22.2 Å². The second kappa shape index (κ2) is 5.81. The highest BCUT2D eigenvalue weighted by molar-refractivity contribution is 5.96. The van der Waals surface area contributed by atoms with Crippen molar-refractivity contribution in [3.8, 4) is 11.5 Å². The zero-order valence-electron chi connectivity index (χ0n) is 11.9. The molecule has 3 rings (SSSR count). The van der Waals surface area contributed by atoms with Crippen LogP contribution in [-0.2, 0) is 0 Å². The van der Waals surface area contributed by atoms with Crippen LogP contribution in [0.4, 0.5) is 0 Å². The predicted octanol–water partition coefficient (Wildman–Crippen LogP) is 3.46. The predicted molar refractivity (Wildman–Crippen MR) is 84.0 cm³/mol. The summed E-state index contributed by atoms with van der Waals surface area (Å²) in [4.78, 5) is 22.9. The summed E-state index contributed by atoms with van der Waals surface area (Å²) in [6.45, 7) is 0. The second-order valence-electron chi connectivity index (χ2n) is 4.97. The van der Waals surface area contributed by atoms with Gasteiger partial charge in [0.05, 0.1) is 11.1 Å². The minimum absolute atomic E-state index is 0.121. The van der Waals surface area contributed by atoms with Crippen molar-refractivity contribution in [1.82, 2.24) is 0 Å². The first-order valence-electron chi connectivity index (χ1n) is 6.81. The lowest BCUT2D eigenvalue weighted by molar-refractivity contribution is 0.0696. The zero-order chi connectivity index (χ0) is 16.4. The van der Waals surface area contributed by atoms with E-state index in [1.807, 2.05) is 0 Å². The number of phenols is 1. The van der Waals surface area contributed by atoms with E-state index in [4.69, 9.17) is 9.84 Å². The Morgan fingerprint density at radius 2 is 1.39 bits per heavy atom. The lowest BCUT2D eigenvalue weighted by Gasteiger charge is -2.06. The Hall–Kier alpha value is -3.34. The molecular weight excluding hydrogens is 296 g/mol. The van der Waals surface area contributed by atoms with E-state index in [0.717, 1.165) is 10.8 Å². The SMILES string of the molecule is O=C(O)c1ccc(OC(=O)c2ccc3cc(O)ccc3c2)cc1. The fourth-order valence-electron chi connectivity index (χ4n) is 2.19. The van der Waals surface area contributed by atoms with Crippen molar-refractivity contribution >= 4 is 22.7 Å². The fourth-order valence-corrected chi connectivity index (χ4v) is 2.19. The van der Waals surface area contributed by atoms with Crippen LogP contribution in [0.25, 0.3) is 10.8 Å². The Bertz CT molecular complexity index is 897. The highest BCUT2D eigenvalue weighted by Gasteiger charge is 2.10. The Morgan fingerprint density at radius 1 is 0.783 bits per heavy atom. The van der Waals surface area contributed by atoms with Crippen LogP contribution in [0, 0.1) is 0 Å². The van der Waals surface area contributed by atoms with Gasteiger partial charge < -0.3 is 14.9 Å². The van der Waals surface area contributed by atoms with E-state index < -0.39 is 11.9 Å². The average Bonchev–Trinajstić information content (AvgIpc) is 2.54. The number of rotatable bonds is 3. The van der Waals surface area contributed by atoms with E-state index >= 15 is 0 Å². The van der Waals surface area contributed by atoms with Crippen LogP contribution >= 0.6 is 0 Å². The number of carbonyl (C=O) groups is 2. The molecule has 0 aromatic heterocycles. The molecule has 114 valence electrons. The number of aromatic hydroxyl groups is 1. The smallest absolute Gasteiger partial charge is 0.343 e. The average molecular weight is 308 g/mol. The lowest BCUT2D eigenvalue weighted by atomic mass is 10.1. The van der Waals surface area contributed by atoms with E-state index in [-0.39, 0.29) is 17.1 Å². The molecule has 0 radical (unpaired) electrons. The summed E-state index contributed by atoms with van der Waals surface area (Å²) in [7, 11) is 0. The first-order valence-corrected chi connectivity index (χ1v) is 6.81. The summed E-state index contributed by atoms with van der Waals surface area (Å²) in [6.07, 6.45) is 0. The molecule has 3 aromatic carbocycles. The third kappa shape index (κ3) is 3.13. The molecular formula is C18H12O5. The molecule has 5 nitrogen and oxygen atoms in total. The first-order chi connectivity index (χ1) is 11.0.